The zero-order valence-electron chi connectivity index (χ0n) is 12.8. The van der Waals surface area contributed by atoms with Crippen molar-refractivity contribution in [1.29, 1.82) is 0 Å². The first-order valence-electron chi connectivity index (χ1n) is 8.43. The summed E-state index contributed by atoms with van der Waals surface area (Å²) in [5, 5.41) is 9.93. The van der Waals surface area contributed by atoms with E-state index in [4.69, 9.17) is 11.6 Å². The quantitative estimate of drug-likeness (QED) is 0.832. The number of carboxylic acid groups (broad SMARTS) is 1. The molecule has 0 aliphatic heterocycles. The first-order valence-corrected chi connectivity index (χ1v) is 8.97. The van der Waals surface area contributed by atoms with Gasteiger partial charge in [0.05, 0.1) is 5.41 Å². The topological polar surface area (TPSA) is 37.3 Å². The lowest BCUT2D eigenvalue weighted by molar-refractivity contribution is -0.174. The average Bonchev–Trinajstić information content (AvgIpc) is 2.51. The Hall–Kier alpha value is -1.02. The van der Waals surface area contributed by atoms with Crippen molar-refractivity contribution in [2.24, 2.45) is 23.2 Å². The molecule has 1 N–H and O–H groups in total. The minimum Gasteiger partial charge on any atom is -0.481 e. The number of hydrogen-bond donors (Lipinski definition) is 1. The number of halogens is 1. The Morgan fingerprint density at radius 1 is 1.14 bits per heavy atom. The van der Waals surface area contributed by atoms with Gasteiger partial charge in [0.15, 0.2) is 0 Å². The fourth-order valence-electron chi connectivity index (χ4n) is 6.22. The van der Waals surface area contributed by atoms with E-state index >= 15 is 0 Å². The third kappa shape index (κ3) is 1.96. The second-order valence-electron chi connectivity index (χ2n) is 7.89. The van der Waals surface area contributed by atoms with Crippen LogP contribution in [-0.4, -0.2) is 17.0 Å². The van der Waals surface area contributed by atoms with Crippen molar-refractivity contribution >= 4 is 17.6 Å². The summed E-state index contributed by atoms with van der Waals surface area (Å²) in [6.45, 7) is 0. The Morgan fingerprint density at radius 2 is 1.77 bits per heavy atom. The first kappa shape index (κ1) is 14.6. The van der Waals surface area contributed by atoms with Crippen molar-refractivity contribution in [2.45, 2.75) is 43.9 Å². The molecule has 2 atom stereocenters. The molecular formula is C19H23ClO2. The van der Waals surface area contributed by atoms with Crippen molar-refractivity contribution in [2.75, 3.05) is 5.88 Å². The van der Waals surface area contributed by atoms with E-state index in [0.29, 0.717) is 23.6 Å². The molecule has 0 saturated heterocycles. The molecule has 22 heavy (non-hydrogen) atoms. The molecule has 4 aliphatic carbocycles. The van der Waals surface area contributed by atoms with Gasteiger partial charge in [-0.1, -0.05) is 30.3 Å². The van der Waals surface area contributed by atoms with Crippen LogP contribution in [0.5, 0.6) is 0 Å². The molecular weight excluding hydrogens is 296 g/mol. The normalized spacial score (nSPS) is 42.5. The summed E-state index contributed by atoms with van der Waals surface area (Å²) in [6.07, 6.45) is 5.94. The lowest BCUT2D eigenvalue weighted by atomic mass is 9.40. The number of aliphatic carboxylic acids is 1. The Morgan fingerprint density at radius 3 is 2.32 bits per heavy atom. The van der Waals surface area contributed by atoms with E-state index < -0.39 is 11.4 Å². The predicted molar refractivity (Wildman–Crippen MR) is 87.1 cm³/mol. The van der Waals surface area contributed by atoms with E-state index in [2.05, 4.69) is 24.3 Å². The average molecular weight is 319 g/mol. The molecule has 3 heteroatoms. The van der Waals surface area contributed by atoms with Gasteiger partial charge in [0.2, 0.25) is 0 Å². The fraction of sp³-hybridized carbons (Fsp3) is 0.632. The van der Waals surface area contributed by atoms with Crippen LogP contribution in [0.4, 0.5) is 0 Å². The van der Waals surface area contributed by atoms with Gasteiger partial charge < -0.3 is 5.11 Å². The van der Waals surface area contributed by atoms with Crippen molar-refractivity contribution in [1.82, 2.24) is 0 Å². The number of carbonyl (C=O) groups is 1. The van der Waals surface area contributed by atoms with Crippen LogP contribution in [0.3, 0.4) is 0 Å². The summed E-state index contributed by atoms with van der Waals surface area (Å²) in [5.74, 6) is 1.86. The van der Waals surface area contributed by atoms with Crippen molar-refractivity contribution in [3.63, 3.8) is 0 Å². The Kier molecular flexibility index (Phi) is 3.30. The number of rotatable bonds is 4. The molecule has 118 valence electrons. The molecule has 4 fully saturated rings. The van der Waals surface area contributed by atoms with Gasteiger partial charge in [-0.2, -0.15) is 0 Å². The number of alkyl halides is 1. The van der Waals surface area contributed by atoms with Gasteiger partial charge in [0.1, 0.15) is 0 Å². The lowest BCUT2D eigenvalue weighted by Gasteiger charge is -2.63. The molecule has 0 aromatic heterocycles. The van der Waals surface area contributed by atoms with Crippen molar-refractivity contribution < 1.29 is 9.90 Å². The minimum atomic E-state index is -0.563. The minimum absolute atomic E-state index is 0.0916. The van der Waals surface area contributed by atoms with E-state index in [0.717, 1.165) is 38.5 Å². The third-order valence-electron chi connectivity index (χ3n) is 6.78. The number of carboxylic acids is 1. The molecule has 5 rings (SSSR count). The highest BCUT2D eigenvalue weighted by Gasteiger charge is 2.63. The highest BCUT2D eigenvalue weighted by atomic mass is 35.5. The Bertz CT molecular complexity index is 566. The highest BCUT2D eigenvalue weighted by molar-refractivity contribution is 6.17. The smallest absolute Gasteiger partial charge is 0.309 e. The van der Waals surface area contributed by atoms with Crippen LogP contribution in [0.15, 0.2) is 30.3 Å². The summed E-state index contributed by atoms with van der Waals surface area (Å²) in [6, 6.07) is 10.7. The monoisotopic (exact) mass is 318 g/mol. The van der Waals surface area contributed by atoms with Gasteiger partial charge in [-0.25, -0.2) is 0 Å². The van der Waals surface area contributed by atoms with Crippen LogP contribution >= 0.6 is 11.6 Å². The number of benzene rings is 1. The molecule has 0 spiro atoms. The second-order valence-corrected chi connectivity index (χ2v) is 8.26. The fourth-order valence-corrected chi connectivity index (χ4v) is 6.47. The maximum atomic E-state index is 12.1. The third-order valence-corrected chi connectivity index (χ3v) is 7.00. The van der Waals surface area contributed by atoms with E-state index in [1.807, 2.05) is 6.07 Å². The van der Waals surface area contributed by atoms with Gasteiger partial charge in [-0.3, -0.25) is 4.79 Å². The second kappa shape index (κ2) is 4.99. The largest absolute Gasteiger partial charge is 0.481 e. The molecule has 4 bridgehead atoms. The maximum Gasteiger partial charge on any atom is 0.309 e. The summed E-state index contributed by atoms with van der Waals surface area (Å²) in [7, 11) is 0. The van der Waals surface area contributed by atoms with Crippen LogP contribution < -0.4 is 0 Å². The van der Waals surface area contributed by atoms with E-state index in [9.17, 15) is 9.90 Å². The molecule has 2 unspecified atom stereocenters. The summed E-state index contributed by atoms with van der Waals surface area (Å²) < 4.78 is 0. The summed E-state index contributed by atoms with van der Waals surface area (Å²) in [4.78, 5) is 12.1. The van der Waals surface area contributed by atoms with Crippen LogP contribution in [0.1, 0.15) is 44.1 Å². The first-order chi connectivity index (χ1) is 10.6. The molecule has 1 aromatic carbocycles. The molecule has 4 saturated carbocycles. The molecule has 2 nitrogen and oxygen atoms in total. The Labute approximate surface area is 136 Å². The van der Waals surface area contributed by atoms with Crippen LogP contribution in [0.2, 0.25) is 0 Å². The number of hydrogen-bond acceptors (Lipinski definition) is 1. The predicted octanol–water partition coefficient (Wildman–Crippen LogP) is 4.46. The van der Waals surface area contributed by atoms with E-state index in [1.54, 1.807) is 0 Å². The maximum absolute atomic E-state index is 12.1. The SMILES string of the molecule is O=C(O)C12CC3CC(c4ccccc4)(CC(C1)C3CCCl)C2. The van der Waals surface area contributed by atoms with Crippen molar-refractivity contribution in [3.8, 4) is 0 Å². The van der Waals surface area contributed by atoms with E-state index in [-0.39, 0.29) is 5.41 Å². The molecule has 1 aromatic rings. The summed E-state index contributed by atoms with van der Waals surface area (Å²) >= 11 is 6.03. The van der Waals surface area contributed by atoms with Gasteiger partial charge >= 0.3 is 5.97 Å². The Balaban J connectivity index is 1.76. The van der Waals surface area contributed by atoms with Crippen molar-refractivity contribution in [3.05, 3.63) is 35.9 Å². The van der Waals surface area contributed by atoms with Crippen LogP contribution in [-0.2, 0) is 10.2 Å². The highest BCUT2D eigenvalue weighted by Crippen LogP contribution is 2.68. The van der Waals surface area contributed by atoms with Gasteiger partial charge in [-0.05, 0) is 67.3 Å². The zero-order chi connectivity index (χ0) is 15.4. The van der Waals surface area contributed by atoms with Gasteiger partial charge in [-0.15, -0.1) is 11.6 Å². The molecule has 0 radical (unpaired) electrons. The molecule has 0 amide bonds. The zero-order valence-corrected chi connectivity index (χ0v) is 13.6. The van der Waals surface area contributed by atoms with Gasteiger partial charge in [0, 0.05) is 5.88 Å². The lowest BCUT2D eigenvalue weighted by Crippen LogP contribution is -2.60. The standard InChI is InChI=1S/C19H23ClO2/c20-7-6-16-13-8-18(15-4-2-1-3-5-15)9-14(16)11-19(10-13,12-18)17(21)22/h1-5,13-14,16H,6-12H2,(H,21,22). The van der Waals surface area contributed by atoms with Gasteiger partial charge in [0.25, 0.3) is 0 Å². The van der Waals surface area contributed by atoms with Crippen LogP contribution in [0.25, 0.3) is 0 Å². The molecule has 0 heterocycles. The van der Waals surface area contributed by atoms with E-state index in [1.165, 1.54) is 5.56 Å². The summed E-state index contributed by atoms with van der Waals surface area (Å²) in [5.41, 5.74) is 0.970. The molecule has 4 aliphatic rings. The van der Waals surface area contributed by atoms with Crippen LogP contribution in [0, 0.1) is 23.2 Å².